The first-order valence-electron chi connectivity index (χ1n) is 6.36. The number of ether oxygens (including phenoxy) is 1. The van der Waals surface area contributed by atoms with Crippen LogP contribution >= 0.6 is 11.6 Å². The fraction of sp³-hybridized carbons (Fsp3) is 0.500. The average molecular weight is 267 g/mol. The molecule has 0 aliphatic carbocycles. The van der Waals surface area contributed by atoms with Crippen LogP contribution < -0.4 is 4.74 Å². The van der Waals surface area contributed by atoms with Gasteiger partial charge in [0.25, 0.3) is 0 Å². The summed E-state index contributed by atoms with van der Waals surface area (Å²) in [6.45, 7) is 4.39. The Morgan fingerprint density at radius 2 is 2.06 bits per heavy atom. The number of hydrogen-bond donors (Lipinski definition) is 0. The summed E-state index contributed by atoms with van der Waals surface area (Å²) < 4.78 is 7.62. The molecule has 1 aromatic heterocycles. The van der Waals surface area contributed by atoms with Crippen LogP contribution in [0.4, 0.5) is 0 Å². The van der Waals surface area contributed by atoms with E-state index in [1.807, 2.05) is 12.1 Å². The van der Waals surface area contributed by atoms with Gasteiger partial charge in [-0.25, -0.2) is 4.98 Å². The molecule has 0 aliphatic heterocycles. The Morgan fingerprint density at radius 3 is 2.61 bits per heavy atom. The summed E-state index contributed by atoms with van der Waals surface area (Å²) in [5.41, 5.74) is 2.02. The van der Waals surface area contributed by atoms with Crippen molar-refractivity contribution in [3.8, 4) is 5.75 Å². The topological polar surface area (TPSA) is 27.1 Å². The second kappa shape index (κ2) is 5.61. The number of para-hydroxylation sites is 1. The lowest BCUT2D eigenvalue weighted by molar-refractivity contribution is 0.419. The molecule has 0 aliphatic rings. The van der Waals surface area contributed by atoms with E-state index in [4.69, 9.17) is 16.3 Å². The van der Waals surface area contributed by atoms with E-state index < -0.39 is 0 Å². The third kappa shape index (κ3) is 2.07. The minimum Gasteiger partial charge on any atom is -0.494 e. The molecule has 0 saturated carbocycles. The van der Waals surface area contributed by atoms with Gasteiger partial charge >= 0.3 is 0 Å². The van der Waals surface area contributed by atoms with Gasteiger partial charge < -0.3 is 9.30 Å². The largest absolute Gasteiger partial charge is 0.494 e. The van der Waals surface area contributed by atoms with Gasteiger partial charge in [-0.3, -0.25) is 0 Å². The molecule has 4 heteroatoms. The first-order valence-corrected chi connectivity index (χ1v) is 6.90. The molecule has 2 rings (SSSR count). The quantitative estimate of drug-likeness (QED) is 0.761. The van der Waals surface area contributed by atoms with Crippen LogP contribution in [0.1, 0.15) is 38.6 Å². The van der Waals surface area contributed by atoms with E-state index in [2.05, 4.69) is 29.5 Å². The van der Waals surface area contributed by atoms with Crippen LogP contribution in [0.15, 0.2) is 18.2 Å². The van der Waals surface area contributed by atoms with Crippen molar-refractivity contribution in [3.63, 3.8) is 0 Å². The number of imidazole rings is 1. The SMILES string of the molecule is CCC(CC)n1c(CCl)nc2c(OC)cccc21. The molecule has 0 bridgehead atoms. The molecule has 0 atom stereocenters. The van der Waals surface area contributed by atoms with E-state index >= 15 is 0 Å². The first-order chi connectivity index (χ1) is 8.76. The van der Waals surface area contributed by atoms with Gasteiger partial charge in [-0.2, -0.15) is 0 Å². The monoisotopic (exact) mass is 266 g/mol. The summed E-state index contributed by atoms with van der Waals surface area (Å²) >= 11 is 6.03. The number of aromatic nitrogens is 2. The van der Waals surface area contributed by atoms with E-state index in [1.165, 1.54) is 0 Å². The second-order valence-electron chi connectivity index (χ2n) is 4.33. The van der Waals surface area contributed by atoms with Crippen LogP contribution in [0, 0.1) is 0 Å². The smallest absolute Gasteiger partial charge is 0.146 e. The summed E-state index contributed by atoms with van der Waals surface area (Å²) in [5, 5.41) is 0. The molecule has 0 amide bonds. The van der Waals surface area contributed by atoms with E-state index in [0.29, 0.717) is 11.9 Å². The number of benzene rings is 1. The molecule has 3 nitrogen and oxygen atoms in total. The Bertz CT molecular complexity index is 532. The molecular weight excluding hydrogens is 248 g/mol. The Morgan fingerprint density at radius 1 is 1.33 bits per heavy atom. The number of halogens is 1. The van der Waals surface area contributed by atoms with Crippen molar-refractivity contribution >= 4 is 22.6 Å². The maximum absolute atomic E-state index is 6.03. The molecule has 0 spiro atoms. The highest BCUT2D eigenvalue weighted by Crippen LogP contribution is 2.31. The zero-order valence-corrected chi connectivity index (χ0v) is 11.9. The van der Waals surface area contributed by atoms with Gasteiger partial charge in [0.1, 0.15) is 17.1 Å². The summed E-state index contributed by atoms with van der Waals surface area (Å²) in [6, 6.07) is 6.46. The van der Waals surface area contributed by atoms with Crippen molar-refractivity contribution in [1.82, 2.24) is 9.55 Å². The molecule has 0 radical (unpaired) electrons. The van der Waals surface area contributed by atoms with Gasteiger partial charge in [-0.15, -0.1) is 11.6 Å². The summed E-state index contributed by atoms with van der Waals surface area (Å²) in [7, 11) is 1.67. The number of methoxy groups -OCH3 is 1. The normalized spacial score (nSPS) is 11.4. The lowest BCUT2D eigenvalue weighted by atomic mass is 10.1. The Kier molecular flexibility index (Phi) is 4.12. The predicted molar refractivity (Wildman–Crippen MR) is 75.5 cm³/mol. The van der Waals surface area contributed by atoms with Crippen LogP contribution in [0.25, 0.3) is 11.0 Å². The number of alkyl halides is 1. The van der Waals surface area contributed by atoms with Crippen LogP contribution in [-0.4, -0.2) is 16.7 Å². The van der Waals surface area contributed by atoms with Crippen molar-refractivity contribution in [2.24, 2.45) is 0 Å². The zero-order chi connectivity index (χ0) is 13.1. The highest BCUT2D eigenvalue weighted by molar-refractivity contribution is 6.16. The minimum atomic E-state index is 0.425. The molecule has 0 unspecified atom stereocenters. The predicted octanol–water partition coefficient (Wildman–Crippen LogP) is 4.14. The minimum absolute atomic E-state index is 0.425. The fourth-order valence-corrected chi connectivity index (χ4v) is 2.65. The number of fused-ring (bicyclic) bond motifs is 1. The summed E-state index contributed by atoms with van der Waals surface area (Å²) in [4.78, 5) is 4.62. The number of hydrogen-bond acceptors (Lipinski definition) is 2. The molecule has 98 valence electrons. The van der Waals surface area contributed by atoms with Gasteiger partial charge in [-0.1, -0.05) is 19.9 Å². The van der Waals surface area contributed by atoms with Crippen molar-refractivity contribution in [1.29, 1.82) is 0 Å². The molecular formula is C14H19ClN2O. The van der Waals surface area contributed by atoms with Crippen LogP contribution in [-0.2, 0) is 5.88 Å². The van der Waals surface area contributed by atoms with E-state index in [1.54, 1.807) is 7.11 Å². The maximum atomic E-state index is 6.03. The van der Waals surface area contributed by atoms with Crippen molar-refractivity contribution in [3.05, 3.63) is 24.0 Å². The van der Waals surface area contributed by atoms with Crippen LogP contribution in [0.5, 0.6) is 5.75 Å². The van der Waals surface area contributed by atoms with E-state index in [-0.39, 0.29) is 0 Å². The number of rotatable bonds is 5. The Labute approximate surface area is 113 Å². The third-order valence-electron chi connectivity index (χ3n) is 3.40. The van der Waals surface area contributed by atoms with E-state index in [9.17, 15) is 0 Å². The molecule has 2 aromatic rings. The van der Waals surface area contributed by atoms with Gasteiger partial charge in [0, 0.05) is 6.04 Å². The average Bonchev–Trinajstić information content (AvgIpc) is 2.79. The summed E-state index contributed by atoms with van der Waals surface area (Å²) in [5.74, 6) is 2.15. The first kappa shape index (κ1) is 13.2. The van der Waals surface area contributed by atoms with Gasteiger partial charge in [-0.05, 0) is 25.0 Å². The van der Waals surface area contributed by atoms with E-state index in [0.717, 1.165) is 35.4 Å². The van der Waals surface area contributed by atoms with Crippen LogP contribution in [0.3, 0.4) is 0 Å². The summed E-state index contributed by atoms with van der Waals surface area (Å²) in [6.07, 6.45) is 2.14. The molecule has 0 N–H and O–H groups in total. The number of nitrogens with zero attached hydrogens (tertiary/aromatic N) is 2. The van der Waals surface area contributed by atoms with Crippen molar-refractivity contribution < 1.29 is 4.74 Å². The lowest BCUT2D eigenvalue weighted by Crippen LogP contribution is -2.09. The fourth-order valence-electron chi connectivity index (χ4n) is 2.46. The standard InChI is InChI=1S/C14H19ClN2O/c1-4-10(5-2)17-11-7-6-8-12(18-3)14(11)16-13(17)9-15/h6-8,10H,4-5,9H2,1-3H3. The highest BCUT2D eigenvalue weighted by Gasteiger charge is 2.18. The Balaban J connectivity index is 2.70. The van der Waals surface area contributed by atoms with Crippen LogP contribution in [0.2, 0.25) is 0 Å². The van der Waals surface area contributed by atoms with Crippen molar-refractivity contribution in [2.75, 3.05) is 7.11 Å². The maximum Gasteiger partial charge on any atom is 0.146 e. The molecule has 0 fully saturated rings. The van der Waals surface area contributed by atoms with Crippen molar-refractivity contribution in [2.45, 2.75) is 38.6 Å². The van der Waals surface area contributed by atoms with Gasteiger partial charge in [0.2, 0.25) is 0 Å². The molecule has 1 aromatic carbocycles. The molecule has 1 heterocycles. The van der Waals surface area contributed by atoms with Gasteiger partial charge in [0.05, 0.1) is 18.5 Å². The lowest BCUT2D eigenvalue weighted by Gasteiger charge is -2.18. The molecule has 0 saturated heterocycles. The van der Waals surface area contributed by atoms with Gasteiger partial charge in [0.15, 0.2) is 0 Å². The molecule has 18 heavy (non-hydrogen) atoms. The zero-order valence-electron chi connectivity index (χ0n) is 11.1. The Hall–Kier alpha value is -1.22. The second-order valence-corrected chi connectivity index (χ2v) is 4.60. The third-order valence-corrected chi connectivity index (χ3v) is 3.64. The highest BCUT2D eigenvalue weighted by atomic mass is 35.5.